The quantitative estimate of drug-likeness (QED) is 0.831. The third-order valence-electron chi connectivity index (χ3n) is 2.34. The smallest absolute Gasteiger partial charge is 0.323 e. The molecule has 0 fully saturated rings. The molecule has 18 heavy (non-hydrogen) atoms. The van der Waals surface area contributed by atoms with Gasteiger partial charge in [-0.25, -0.2) is 0 Å². The van der Waals surface area contributed by atoms with E-state index in [-0.39, 0.29) is 18.1 Å². The molecule has 102 valence electrons. The lowest BCUT2D eigenvalue weighted by Crippen LogP contribution is -2.23. The standard InChI is InChI=1S/C12H23N5O/c1-8(2)6-7-17(5)11-14-10(13)15-12(16-11)18-9(3)4/h8-9H,6-7H2,1-5H3,(H2,13,14,15,16). The summed E-state index contributed by atoms with van der Waals surface area (Å²) in [7, 11) is 1.94. The number of hydrogen-bond acceptors (Lipinski definition) is 6. The Morgan fingerprint density at radius 2 is 1.83 bits per heavy atom. The molecule has 0 aromatic carbocycles. The first-order valence-corrected chi connectivity index (χ1v) is 6.27. The van der Waals surface area contributed by atoms with Gasteiger partial charge in [-0.05, 0) is 26.2 Å². The summed E-state index contributed by atoms with van der Waals surface area (Å²) in [6.07, 6.45) is 1.09. The van der Waals surface area contributed by atoms with Crippen LogP contribution in [0.25, 0.3) is 0 Å². The van der Waals surface area contributed by atoms with Crippen molar-refractivity contribution in [3.8, 4) is 6.01 Å². The van der Waals surface area contributed by atoms with Gasteiger partial charge in [0.25, 0.3) is 0 Å². The molecule has 0 atom stereocenters. The molecule has 0 unspecified atom stereocenters. The molecule has 0 saturated heterocycles. The van der Waals surface area contributed by atoms with Gasteiger partial charge in [-0.2, -0.15) is 15.0 Å². The van der Waals surface area contributed by atoms with Crippen molar-refractivity contribution in [1.29, 1.82) is 0 Å². The highest BCUT2D eigenvalue weighted by Crippen LogP contribution is 2.14. The minimum Gasteiger partial charge on any atom is -0.461 e. The number of nitrogens with zero attached hydrogens (tertiary/aromatic N) is 4. The van der Waals surface area contributed by atoms with Crippen LogP contribution in [-0.2, 0) is 0 Å². The molecule has 0 aliphatic carbocycles. The van der Waals surface area contributed by atoms with Gasteiger partial charge in [0.05, 0.1) is 6.10 Å². The van der Waals surface area contributed by atoms with Crippen LogP contribution >= 0.6 is 0 Å². The van der Waals surface area contributed by atoms with E-state index >= 15 is 0 Å². The number of aromatic nitrogens is 3. The second kappa shape index (κ2) is 6.37. The number of nitrogen functional groups attached to an aromatic ring is 1. The Morgan fingerprint density at radius 1 is 1.17 bits per heavy atom. The van der Waals surface area contributed by atoms with Gasteiger partial charge in [0.15, 0.2) is 0 Å². The number of rotatable bonds is 6. The summed E-state index contributed by atoms with van der Waals surface area (Å²) in [5.74, 6) is 1.38. The van der Waals surface area contributed by atoms with Crippen LogP contribution in [-0.4, -0.2) is 34.6 Å². The summed E-state index contributed by atoms with van der Waals surface area (Å²) >= 11 is 0. The largest absolute Gasteiger partial charge is 0.461 e. The topological polar surface area (TPSA) is 77.2 Å². The minimum absolute atomic E-state index is 0.0145. The van der Waals surface area contributed by atoms with Crippen molar-refractivity contribution in [3.63, 3.8) is 0 Å². The van der Waals surface area contributed by atoms with Crippen LogP contribution in [0.15, 0.2) is 0 Å². The predicted octanol–water partition coefficient (Wildman–Crippen LogP) is 1.72. The molecule has 6 heteroatoms. The van der Waals surface area contributed by atoms with Crippen molar-refractivity contribution < 1.29 is 4.74 Å². The van der Waals surface area contributed by atoms with Gasteiger partial charge in [0, 0.05) is 13.6 Å². The highest BCUT2D eigenvalue weighted by molar-refractivity contribution is 5.34. The van der Waals surface area contributed by atoms with Gasteiger partial charge in [-0.3, -0.25) is 0 Å². The summed E-state index contributed by atoms with van der Waals surface area (Å²) in [5, 5.41) is 0. The zero-order valence-electron chi connectivity index (χ0n) is 11.8. The average molecular weight is 253 g/mol. The third kappa shape index (κ3) is 4.73. The van der Waals surface area contributed by atoms with E-state index in [0.717, 1.165) is 13.0 Å². The fourth-order valence-electron chi connectivity index (χ4n) is 1.35. The van der Waals surface area contributed by atoms with Crippen LogP contribution in [0.2, 0.25) is 0 Å². The lowest BCUT2D eigenvalue weighted by atomic mass is 10.1. The summed E-state index contributed by atoms with van der Waals surface area (Å²) in [6, 6.07) is 0.281. The zero-order chi connectivity index (χ0) is 13.7. The second-order valence-corrected chi connectivity index (χ2v) is 5.05. The van der Waals surface area contributed by atoms with Crippen molar-refractivity contribution in [2.75, 3.05) is 24.2 Å². The van der Waals surface area contributed by atoms with Crippen LogP contribution < -0.4 is 15.4 Å². The lowest BCUT2D eigenvalue weighted by Gasteiger charge is -2.19. The average Bonchev–Trinajstić information content (AvgIpc) is 2.23. The van der Waals surface area contributed by atoms with Crippen molar-refractivity contribution in [2.24, 2.45) is 5.92 Å². The minimum atomic E-state index is 0.0145. The molecule has 0 amide bonds. The van der Waals surface area contributed by atoms with Crippen molar-refractivity contribution >= 4 is 11.9 Å². The maximum absolute atomic E-state index is 5.66. The summed E-state index contributed by atoms with van der Waals surface area (Å²) in [5.41, 5.74) is 5.66. The molecule has 1 heterocycles. The first kappa shape index (κ1) is 14.5. The first-order chi connectivity index (χ1) is 8.38. The van der Waals surface area contributed by atoms with Crippen molar-refractivity contribution in [2.45, 2.75) is 40.2 Å². The summed E-state index contributed by atoms with van der Waals surface area (Å²) < 4.78 is 5.44. The zero-order valence-corrected chi connectivity index (χ0v) is 11.8. The van der Waals surface area contributed by atoms with Crippen LogP contribution in [0.5, 0.6) is 6.01 Å². The Hall–Kier alpha value is -1.59. The van der Waals surface area contributed by atoms with E-state index in [0.29, 0.717) is 11.9 Å². The van der Waals surface area contributed by atoms with E-state index in [1.807, 2.05) is 25.8 Å². The van der Waals surface area contributed by atoms with E-state index in [2.05, 4.69) is 28.8 Å². The SMILES string of the molecule is CC(C)CCN(C)c1nc(N)nc(OC(C)C)n1. The third-order valence-corrected chi connectivity index (χ3v) is 2.34. The Kier molecular flexibility index (Phi) is 5.12. The van der Waals surface area contributed by atoms with E-state index in [1.54, 1.807) is 0 Å². The monoisotopic (exact) mass is 253 g/mol. The Morgan fingerprint density at radius 3 is 2.39 bits per heavy atom. The van der Waals surface area contributed by atoms with E-state index in [4.69, 9.17) is 10.5 Å². The molecule has 0 radical (unpaired) electrons. The highest BCUT2D eigenvalue weighted by Gasteiger charge is 2.11. The van der Waals surface area contributed by atoms with E-state index in [1.165, 1.54) is 0 Å². The number of nitrogens with two attached hydrogens (primary N) is 1. The highest BCUT2D eigenvalue weighted by atomic mass is 16.5. The molecule has 0 aliphatic rings. The molecule has 2 N–H and O–H groups in total. The normalized spacial score (nSPS) is 11.1. The maximum Gasteiger partial charge on any atom is 0.323 e. The summed E-state index contributed by atoms with van der Waals surface area (Å²) in [4.78, 5) is 14.3. The maximum atomic E-state index is 5.66. The molecule has 0 spiro atoms. The van der Waals surface area contributed by atoms with Crippen molar-refractivity contribution in [3.05, 3.63) is 0 Å². The first-order valence-electron chi connectivity index (χ1n) is 6.27. The van der Waals surface area contributed by atoms with Crippen molar-refractivity contribution in [1.82, 2.24) is 15.0 Å². The number of anilines is 2. The molecule has 0 aliphatic heterocycles. The Bertz CT molecular complexity index is 381. The van der Waals surface area contributed by atoms with Crippen LogP contribution in [0.3, 0.4) is 0 Å². The molecular weight excluding hydrogens is 230 g/mol. The van der Waals surface area contributed by atoms with E-state index < -0.39 is 0 Å². The van der Waals surface area contributed by atoms with Crippen LogP contribution in [0.4, 0.5) is 11.9 Å². The number of ether oxygens (including phenoxy) is 1. The molecular formula is C12H23N5O. The van der Waals surface area contributed by atoms with E-state index in [9.17, 15) is 0 Å². The number of hydrogen-bond donors (Lipinski definition) is 1. The Balaban J connectivity index is 2.78. The van der Waals surface area contributed by atoms with Crippen LogP contribution in [0, 0.1) is 5.92 Å². The van der Waals surface area contributed by atoms with Gasteiger partial charge < -0.3 is 15.4 Å². The molecule has 1 rings (SSSR count). The van der Waals surface area contributed by atoms with Gasteiger partial charge in [-0.15, -0.1) is 0 Å². The van der Waals surface area contributed by atoms with Crippen LogP contribution in [0.1, 0.15) is 34.1 Å². The van der Waals surface area contributed by atoms with Gasteiger partial charge in [0.1, 0.15) is 0 Å². The second-order valence-electron chi connectivity index (χ2n) is 5.05. The van der Waals surface area contributed by atoms with Gasteiger partial charge in [0.2, 0.25) is 11.9 Å². The predicted molar refractivity (Wildman–Crippen MR) is 72.7 cm³/mol. The molecule has 1 aromatic rings. The molecule has 1 aromatic heterocycles. The fourth-order valence-corrected chi connectivity index (χ4v) is 1.35. The lowest BCUT2D eigenvalue weighted by molar-refractivity contribution is 0.222. The molecule has 0 bridgehead atoms. The molecule has 0 saturated carbocycles. The Labute approximate surface area is 109 Å². The van der Waals surface area contributed by atoms with Gasteiger partial charge in [-0.1, -0.05) is 13.8 Å². The fraction of sp³-hybridized carbons (Fsp3) is 0.750. The van der Waals surface area contributed by atoms with Gasteiger partial charge >= 0.3 is 6.01 Å². The molecule has 6 nitrogen and oxygen atoms in total. The summed E-state index contributed by atoms with van der Waals surface area (Å²) in [6.45, 7) is 9.08.